The van der Waals surface area contributed by atoms with Crippen molar-refractivity contribution in [1.82, 2.24) is 9.37 Å². The van der Waals surface area contributed by atoms with Crippen molar-refractivity contribution in [3.05, 3.63) is 66.0 Å². The molecular formula is C21H22FN3O4S. The predicted molar refractivity (Wildman–Crippen MR) is 111 cm³/mol. The number of nitrogens with zero attached hydrogens (tertiary/aromatic N) is 3. The standard InChI is InChI=1S/C21H22FN3O4S/c22-19-7-10-20(11-8-19)23-12-14-24(15-13-23)30(28,29)16-21(25(27)17-26)9-6-18-4-2-1-3-5-18/h1-5,7-8,10-11,17,21,27H,12-16H2/t21-/m1/s1. The molecule has 1 amide bonds. The highest BCUT2D eigenvalue weighted by molar-refractivity contribution is 7.89. The van der Waals surface area contributed by atoms with Gasteiger partial charge in [0.05, 0.1) is 5.75 Å². The number of hydrogen-bond donors (Lipinski definition) is 1. The molecule has 1 atom stereocenters. The first kappa shape index (κ1) is 21.8. The van der Waals surface area contributed by atoms with Crippen LogP contribution in [0.4, 0.5) is 10.1 Å². The van der Waals surface area contributed by atoms with E-state index >= 15 is 0 Å². The van der Waals surface area contributed by atoms with Crippen LogP contribution in [0.15, 0.2) is 54.6 Å². The molecule has 0 saturated carbocycles. The molecule has 3 rings (SSSR count). The molecule has 2 aromatic rings. The van der Waals surface area contributed by atoms with Gasteiger partial charge in [-0.05, 0) is 36.4 Å². The molecule has 1 N–H and O–H groups in total. The SMILES string of the molecule is O=CN(O)[C@H](C#Cc1ccccc1)CS(=O)(=O)N1CCN(c2ccc(F)cc2)CC1. The van der Waals surface area contributed by atoms with Gasteiger partial charge in [-0.15, -0.1) is 0 Å². The van der Waals surface area contributed by atoms with E-state index in [0.717, 1.165) is 5.69 Å². The third kappa shape index (κ3) is 5.57. The van der Waals surface area contributed by atoms with Gasteiger partial charge < -0.3 is 4.90 Å². The van der Waals surface area contributed by atoms with Crippen LogP contribution in [-0.4, -0.2) is 67.4 Å². The number of piperazine rings is 1. The van der Waals surface area contributed by atoms with Gasteiger partial charge in [-0.2, -0.15) is 4.31 Å². The zero-order valence-corrected chi connectivity index (χ0v) is 17.0. The molecule has 0 bridgehead atoms. The fourth-order valence-corrected chi connectivity index (χ4v) is 4.69. The summed E-state index contributed by atoms with van der Waals surface area (Å²) in [6.07, 6.45) is 0.145. The second-order valence-electron chi connectivity index (χ2n) is 6.78. The molecule has 0 aromatic heterocycles. The van der Waals surface area contributed by atoms with Crippen LogP contribution >= 0.6 is 0 Å². The van der Waals surface area contributed by atoms with E-state index in [2.05, 4.69) is 11.8 Å². The molecule has 1 saturated heterocycles. The number of rotatable bonds is 6. The first-order valence-electron chi connectivity index (χ1n) is 9.36. The molecule has 1 fully saturated rings. The Labute approximate surface area is 175 Å². The Kier molecular flexibility index (Phi) is 7.05. The minimum Gasteiger partial charge on any atom is -0.369 e. The van der Waals surface area contributed by atoms with Gasteiger partial charge in [-0.3, -0.25) is 10.0 Å². The minimum absolute atomic E-state index is 0.145. The van der Waals surface area contributed by atoms with Crippen molar-refractivity contribution in [2.45, 2.75) is 6.04 Å². The van der Waals surface area contributed by atoms with Crippen LogP contribution in [-0.2, 0) is 14.8 Å². The van der Waals surface area contributed by atoms with Crippen LogP contribution in [0.3, 0.4) is 0 Å². The molecule has 30 heavy (non-hydrogen) atoms. The van der Waals surface area contributed by atoms with E-state index in [1.165, 1.54) is 16.4 Å². The lowest BCUT2D eigenvalue weighted by molar-refractivity contribution is -0.153. The van der Waals surface area contributed by atoms with Crippen LogP contribution in [0.2, 0.25) is 0 Å². The summed E-state index contributed by atoms with van der Waals surface area (Å²) in [6, 6.07) is 13.7. The zero-order chi connectivity index (χ0) is 21.6. The quantitative estimate of drug-likeness (QED) is 0.325. The maximum Gasteiger partial charge on any atom is 0.234 e. The number of sulfonamides is 1. The Balaban J connectivity index is 1.67. The molecular weight excluding hydrogens is 409 g/mol. The van der Waals surface area contributed by atoms with E-state index in [4.69, 9.17) is 0 Å². The van der Waals surface area contributed by atoms with E-state index < -0.39 is 21.8 Å². The number of carbonyl (C=O) groups is 1. The Bertz CT molecular complexity index is 1010. The Morgan fingerprint density at radius 2 is 1.70 bits per heavy atom. The number of carbonyl (C=O) groups excluding carboxylic acids is 1. The summed E-state index contributed by atoms with van der Waals surface area (Å²) in [5.74, 6) is 4.61. The third-order valence-corrected chi connectivity index (χ3v) is 6.67. The van der Waals surface area contributed by atoms with E-state index in [1.807, 2.05) is 11.0 Å². The van der Waals surface area contributed by atoms with Gasteiger partial charge in [-0.1, -0.05) is 30.0 Å². The topological polar surface area (TPSA) is 81.2 Å². The number of hydroxylamine groups is 2. The number of hydrogen-bond acceptors (Lipinski definition) is 5. The predicted octanol–water partition coefficient (Wildman–Crippen LogP) is 1.55. The van der Waals surface area contributed by atoms with Gasteiger partial charge in [0, 0.05) is 37.4 Å². The van der Waals surface area contributed by atoms with Gasteiger partial charge in [0.15, 0.2) is 0 Å². The van der Waals surface area contributed by atoms with E-state index in [0.29, 0.717) is 18.7 Å². The van der Waals surface area contributed by atoms with Crippen LogP contribution < -0.4 is 4.90 Å². The highest BCUT2D eigenvalue weighted by Crippen LogP contribution is 2.18. The molecule has 7 nitrogen and oxygen atoms in total. The van der Waals surface area contributed by atoms with Crippen molar-refractivity contribution in [2.75, 3.05) is 36.8 Å². The van der Waals surface area contributed by atoms with Gasteiger partial charge in [-0.25, -0.2) is 17.9 Å². The van der Waals surface area contributed by atoms with Crippen LogP contribution in [0, 0.1) is 17.7 Å². The molecule has 0 radical (unpaired) electrons. The van der Waals surface area contributed by atoms with Crippen molar-refractivity contribution >= 4 is 22.1 Å². The van der Waals surface area contributed by atoms with E-state index in [1.54, 1.807) is 36.4 Å². The summed E-state index contributed by atoms with van der Waals surface area (Å²) >= 11 is 0. The van der Waals surface area contributed by atoms with E-state index in [9.17, 15) is 22.8 Å². The molecule has 1 heterocycles. The normalized spacial score (nSPS) is 15.7. The number of anilines is 1. The molecule has 0 aliphatic carbocycles. The smallest absolute Gasteiger partial charge is 0.234 e. The summed E-state index contributed by atoms with van der Waals surface area (Å²) in [7, 11) is -3.77. The summed E-state index contributed by atoms with van der Waals surface area (Å²) < 4.78 is 40.1. The lowest BCUT2D eigenvalue weighted by Gasteiger charge is -2.36. The molecule has 2 aromatic carbocycles. The molecule has 158 valence electrons. The van der Waals surface area contributed by atoms with Crippen molar-refractivity contribution in [3.63, 3.8) is 0 Å². The first-order valence-corrected chi connectivity index (χ1v) is 11.0. The number of amides is 1. The highest BCUT2D eigenvalue weighted by atomic mass is 32.2. The van der Waals surface area contributed by atoms with Crippen LogP contribution in [0.5, 0.6) is 0 Å². The summed E-state index contributed by atoms with van der Waals surface area (Å²) in [5, 5.41) is 10.1. The average Bonchev–Trinajstić information content (AvgIpc) is 2.77. The number of halogens is 1. The highest BCUT2D eigenvalue weighted by Gasteiger charge is 2.31. The lowest BCUT2D eigenvalue weighted by atomic mass is 10.2. The monoisotopic (exact) mass is 431 g/mol. The molecule has 1 aliphatic heterocycles. The minimum atomic E-state index is -3.77. The first-order chi connectivity index (χ1) is 14.4. The van der Waals surface area contributed by atoms with Gasteiger partial charge >= 0.3 is 0 Å². The lowest BCUT2D eigenvalue weighted by Crippen LogP contribution is -2.51. The van der Waals surface area contributed by atoms with Gasteiger partial charge in [0.1, 0.15) is 11.9 Å². The number of benzene rings is 2. The van der Waals surface area contributed by atoms with Crippen molar-refractivity contribution in [2.24, 2.45) is 0 Å². The van der Waals surface area contributed by atoms with Crippen molar-refractivity contribution in [1.29, 1.82) is 0 Å². The van der Waals surface area contributed by atoms with Gasteiger partial charge in [0.2, 0.25) is 16.4 Å². The van der Waals surface area contributed by atoms with Gasteiger partial charge in [0.25, 0.3) is 0 Å². The summed E-state index contributed by atoms with van der Waals surface area (Å²) in [6.45, 7) is 1.37. The zero-order valence-electron chi connectivity index (χ0n) is 16.2. The maximum absolute atomic E-state index is 13.1. The second-order valence-corrected chi connectivity index (χ2v) is 8.79. The summed E-state index contributed by atoms with van der Waals surface area (Å²) in [4.78, 5) is 13.0. The average molecular weight is 431 g/mol. The Morgan fingerprint density at radius 3 is 2.30 bits per heavy atom. The van der Waals surface area contributed by atoms with E-state index in [-0.39, 0.29) is 30.4 Å². The second kappa shape index (κ2) is 9.71. The Morgan fingerprint density at radius 1 is 1.07 bits per heavy atom. The van der Waals surface area contributed by atoms with Crippen LogP contribution in [0.1, 0.15) is 5.56 Å². The molecule has 0 unspecified atom stereocenters. The Hall–Kier alpha value is -2.93. The molecule has 9 heteroatoms. The largest absolute Gasteiger partial charge is 0.369 e. The third-order valence-electron chi connectivity index (χ3n) is 4.78. The fourth-order valence-electron chi connectivity index (χ4n) is 3.13. The molecule has 0 spiro atoms. The summed E-state index contributed by atoms with van der Waals surface area (Å²) in [5.41, 5.74) is 1.47. The van der Waals surface area contributed by atoms with Crippen molar-refractivity contribution < 1.29 is 22.8 Å². The maximum atomic E-state index is 13.1. The van der Waals surface area contributed by atoms with Crippen LogP contribution in [0.25, 0.3) is 0 Å². The fraction of sp³-hybridized carbons (Fsp3) is 0.286. The molecule has 1 aliphatic rings. The van der Waals surface area contributed by atoms with Crippen molar-refractivity contribution in [3.8, 4) is 11.8 Å².